The summed E-state index contributed by atoms with van der Waals surface area (Å²) in [6.45, 7) is 1.31. The third kappa shape index (κ3) is 3.41. The quantitative estimate of drug-likeness (QED) is 0.735. The number of nitrogens with zero attached hydrogens (tertiary/aromatic N) is 2. The van der Waals surface area contributed by atoms with Gasteiger partial charge in [-0.2, -0.15) is 5.10 Å². The number of carbonyl (C=O) groups excluding carboxylic acids is 1. The predicted octanol–water partition coefficient (Wildman–Crippen LogP) is 4.66. The first-order valence-electron chi connectivity index (χ1n) is 8.56. The highest BCUT2D eigenvalue weighted by Crippen LogP contribution is 2.24. The van der Waals surface area contributed by atoms with E-state index in [0.29, 0.717) is 23.8 Å². The van der Waals surface area contributed by atoms with Crippen LogP contribution in [-0.4, -0.2) is 34.1 Å². The molecule has 1 N–H and O–H groups in total. The summed E-state index contributed by atoms with van der Waals surface area (Å²) in [4.78, 5) is 14.6. The van der Waals surface area contributed by atoms with Crippen molar-refractivity contribution in [3.05, 3.63) is 83.0 Å². The normalized spacial score (nSPS) is 14.2. The number of aromatic amines is 1. The van der Waals surface area contributed by atoms with E-state index in [9.17, 15) is 4.79 Å². The van der Waals surface area contributed by atoms with Crippen LogP contribution in [0.1, 0.15) is 22.5 Å². The first kappa shape index (κ1) is 16.6. The second-order valence-electron chi connectivity index (χ2n) is 6.27. The van der Waals surface area contributed by atoms with Crippen molar-refractivity contribution in [1.82, 2.24) is 15.1 Å². The van der Waals surface area contributed by atoms with Crippen molar-refractivity contribution in [3.63, 3.8) is 0 Å². The van der Waals surface area contributed by atoms with Crippen LogP contribution >= 0.6 is 11.6 Å². The Morgan fingerprint density at radius 2 is 1.81 bits per heavy atom. The van der Waals surface area contributed by atoms with Gasteiger partial charge < -0.3 is 4.90 Å². The number of amides is 1. The second-order valence-corrected chi connectivity index (χ2v) is 6.71. The summed E-state index contributed by atoms with van der Waals surface area (Å²) in [5.74, 6) is -0.0268. The fourth-order valence-corrected chi connectivity index (χ4v) is 3.26. The number of hydrogen-bond acceptors (Lipinski definition) is 2. The molecule has 1 aliphatic heterocycles. The Labute approximate surface area is 157 Å². The van der Waals surface area contributed by atoms with Crippen molar-refractivity contribution in [2.24, 2.45) is 0 Å². The molecule has 0 spiro atoms. The molecule has 0 unspecified atom stereocenters. The van der Waals surface area contributed by atoms with Crippen molar-refractivity contribution in [1.29, 1.82) is 0 Å². The van der Waals surface area contributed by atoms with Gasteiger partial charge in [-0.3, -0.25) is 9.89 Å². The Hall–Kier alpha value is -2.85. The van der Waals surface area contributed by atoms with Crippen molar-refractivity contribution >= 4 is 23.1 Å². The molecule has 0 aliphatic carbocycles. The summed E-state index contributed by atoms with van der Waals surface area (Å²) in [5.41, 5.74) is 4.69. The Morgan fingerprint density at radius 1 is 1.04 bits per heavy atom. The summed E-state index contributed by atoms with van der Waals surface area (Å²) >= 11 is 5.92. The number of hydrogen-bond donors (Lipinski definition) is 1. The fraction of sp³-hybridized carbons (Fsp3) is 0.143. The van der Waals surface area contributed by atoms with Gasteiger partial charge in [0.25, 0.3) is 5.91 Å². The van der Waals surface area contributed by atoms with E-state index in [1.165, 1.54) is 11.1 Å². The summed E-state index contributed by atoms with van der Waals surface area (Å²) in [6, 6.07) is 19.5. The van der Waals surface area contributed by atoms with Gasteiger partial charge in [-0.1, -0.05) is 60.1 Å². The number of benzene rings is 2. The lowest BCUT2D eigenvalue weighted by molar-refractivity contribution is 0.0767. The van der Waals surface area contributed by atoms with Crippen LogP contribution in [0.4, 0.5) is 0 Å². The molecule has 0 radical (unpaired) electrons. The fourth-order valence-electron chi connectivity index (χ4n) is 3.14. The monoisotopic (exact) mass is 363 g/mol. The summed E-state index contributed by atoms with van der Waals surface area (Å²) in [6.07, 6.45) is 2.99. The van der Waals surface area contributed by atoms with Gasteiger partial charge in [0.1, 0.15) is 5.69 Å². The maximum atomic E-state index is 12.7. The van der Waals surface area contributed by atoms with Gasteiger partial charge >= 0.3 is 0 Å². The predicted molar refractivity (Wildman–Crippen MR) is 104 cm³/mol. The van der Waals surface area contributed by atoms with Crippen LogP contribution in [0.5, 0.6) is 0 Å². The van der Waals surface area contributed by atoms with Crippen LogP contribution in [0.2, 0.25) is 5.02 Å². The maximum absolute atomic E-state index is 12.7. The summed E-state index contributed by atoms with van der Waals surface area (Å²) in [5, 5.41) is 7.80. The molecule has 4 nitrogen and oxygen atoms in total. The highest BCUT2D eigenvalue weighted by molar-refractivity contribution is 6.30. The third-order valence-electron chi connectivity index (χ3n) is 4.59. The van der Waals surface area contributed by atoms with Crippen LogP contribution < -0.4 is 0 Å². The molecule has 0 saturated heterocycles. The van der Waals surface area contributed by atoms with Crippen molar-refractivity contribution in [2.45, 2.75) is 6.42 Å². The van der Waals surface area contributed by atoms with E-state index in [1.54, 1.807) is 6.07 Å². The molecule has 2 heterocycles. The molecule has 0 saturated carbocycles. The molecule has 1 amide bonds. The van der Waals surface area contributed by atoms with Crippen LogP contribution in [0, 0.1) is 0 Å². The number of nitrogens with one attached hydrogen (secondary N) is 1. The highest BCUT2D eigenvalue weighted by atomic mass is 35.5. The first-order valence-corrected chi connectivity index (χ1v) is 8.93. The molecule has 0 bridgehead atoms. The molecular formula is C21H18ClN3O. The van der Waals surface area contributed by atoms with Gasteiger partial charge in [0.05, 0.1) is 5.69 Å². The largest absolute Gasteiger partial charge is 0.333 e. The molecule has 3 aromatic rings. The molecule has 0 atom stereocenters. The van der Waals surface area contributed by atoms with Gasteiger partial charge in [0.2, 0.25) is 0 Å². The number of aromatic nitrogens is 2. The second kappa shape index (κ2) is 7.18. The SMILES string of the molecule is O=C(c1cc(-c2ccc(Cl)cc2)n[nH]1)N1CC=C(c2ccccc2)CC1. The lowest BCUT2D eigenvalue weighted by Gasteiger charge is -2.26. The van der Waals surface area contributed by atoms with E-state index in [2.05, 4.69) is 28.4 Å². The van der Waals surface area contributed by atoms with E-state index < -0.39 is 0 Å². The molecule has 130 valence electrons. The van der Waals surface area contributed by atoms with Crippen molar-refractivity contribution in [2.75, 3.05) is 13.1 Å². The standard InChI is InChI=1S/C21H18ClN3O/c22-18-8-6-17(7-9-18)19-14-20(24-23-19)21(26)25-12-10-16(11-13-25)15-4-2-1-3-5-15/h1-10,14H,11-13H2,(H,23,24). The average Bonchev–Trinajstić information content (AvgIpc) is 3.19. The number of halogens is 1. The van der Waals surface area contributed by atoms with E-state index in [4.69, 9.17) is 11.6 Å². The molecule has 1 aromatic heterocycles. The van der Waals surface area contributed by atoms with Crippen LogP contribution in [0.25, 0.3) is 16.8 Å². The van der Waals surface area contributed by atoms with Crippen LogP contribution in [0.3, 0.4) is 0 Å². The molecule has 26 heavy (non-hydrogen) atoms. The minimum atomic E-state index is -0.0268. The number of rotatable bonds is 3. The van der Waals surface area contributed by atoms with Crippen molar-refractivity contribution < 1.29 is 4.79 Å². The van der Waals surface area contributed by atoms with Gasteiger partial charge in [-0.15, -0.1) is 0 Å². The lowest BCUT2D eigenvalue weighted by atomic mass is 9.99. The van der Waals surface area contributed by atoms with Crippen LogP contribution in [-0.2, 0) is 0 Å². The number of carbonyl (C=O) groups is 1. The molecule has 5 heteroatoms. The van der Waals surface area contributed by atoms with E-state index in [1.807, 2.05) is 47.4 Å². The van der Waals surface area contributed by atoms with Gasteiger partial charge in [0, 0.05) is 23.7 Å². The number of H-pyrrole nitrogens is 1. The van der Waals surface area contributed by atoms with E-state index in [0.717, 1.165) is 17.7 Å². The summed E-state index contributed by atoms with van der Waals surface area (Å²) in [7, 11) is 0. The molecule has 4 rings (SSSR count). The summed E-state index contributed by atoms with van der Waals surface area (Å²) < 4.78 is 0. The topological polar surface area (TPSA) is 49.0 Å². The Bertz CT molecular complexity index is 945. The highest BCUT2D eigenvalue weighted by Gasteiger charge is 2.21. The molecule has 1 aliphatic rings. The third-order valence-corrected chi connectivity index (χ3v) is 4.84. The Kier molecular flexibility index (Phi) is 4.59. The van der Waals surface area contributed by atoms with Gasteiger partial charge in [0.15, 0.2) is 0 Å². The minimum absolute atomic E-state index is 0.0268. The van der Waals surface area contributed by atoms with Gasteiger partial charge in [-0.25, -0.2) is 0 Å². The van der Waals surface area contributed by atoms with Gasteiger partial charge in [-0.05, 0) is 35.8 Å². The first-order chi connectivity index (χ1) is 12.7. The molecular weight excluding hydrogens is 346 g/mol. The molecule has 2 aromatic carbocycles. The maximum Gasteiger partial charge on any atom is 0.272 e. The zero-order chi connectivity index (χ0) is 17.9. The Balaban J connectivity index is 1.47. The van der Waals surface area contributed by atoms with Crippen LogP contribution in [0.15, 0.2) is 66.7 Å². The molecule has 0 fully saturated rings. The smallest absolute Gasteiger partial charge is 0.272 e. The van der Waals surface area contributed by atoms with Crippen molar-refractivity contribution in [3.8, 4) is 11.3 Å². The minimum Gasteiger partial charge on any atom is -0.333 e. The average molecular weight is 364 g/mol. The zero-order valence-electron chi connectivity index (χ0n) is 14.2. The van der Waals surface area contributed by atoms with E-state index >= 15 is 0 Å². The zero-order valence-corrected chi connectivity index (χ0v) is 14.9. The Morgan fingerprint density at radius 3 is 2.50 bits per heavy atom. The van der Waals surface area contributed by atoms with E-state index in [-0.39, 0.29) is 5.91 Å². The lowest BCUT2D eigenvalue weighted by Crippen LogP contribution is -2.34.